The van der Waals surface area contributed by atoms with Crippen molar-refractivity contribution < 1.29 is 4.79 Å². The summed E-state index contributed by atoms with van der Waals surface area (Å²) in [6.07, 6.45) is 3.28. The number of benzene rings is 2. The Labute approximate surface area is 147 Å². The zero-order valence-corrected chi connectivity index (χ0v) is 14.6. The van der Waals surface area contributed by atoms with Crippen LogP contribution >= 0.6 is 0 Å². The summed E-state index contributed by atoms with van der Waals surface area (Å²) in [5.41, 5.74) is 6.57. The first-order valence-corrected chi connectivity index (χ1v) is 8.19. The van der Waals surface area contributed by atoms with Crippen molar-refractivity contribution in [2.24, 2.45) is 0 Å². The van der Waals surface area contributed by atoms with Gasteiger partial charge in [0.05, 0.1) is 17.4 Å². The molecular formula is C21H21N3O. The summed E-state index contributed by atoms with van der Waals surface area (Å²) in [4.78, 5) is 16.7. The highest BCUT2D eigenvalue weighted by molar-refractivity contribution is 6.04. The molecule has 0 aliphatic heterocycles. The molecular weight excluding hydrogens is 310 g/mol. The maximum Gasteiger partial charge on any atom is 0.257 e. The van der Waals surface area contributed by atoms with Crippen LogP contribution in [-0.2, 0) is 0 Å². The van der Waals surface area contributed by atoms with E-state index in [0.29, 0.717) is 5.56 Å². The van der Waals surface area contributed by atoms with Crippen LogP contribution in [0.3, 0.4) is 0 Å². The quantitative estimate of drug-likeness (QED) is 0.707. The van der Waals surface area contributed by atoms with E-state index in [1.807, 2.05) is 43.3 Å². The van der Waals surface area contributed by atoms with E-state index in [4.69, 9.17) is 0 Å². The molecule has 2 N–H and O–H groups in total. The Hall–Kier alpha value is -3.14. The normalized spacial score (nSPS) is 10.4. The highest BCUT2D eigenvalue weighted by atomic mass is 16.1. The van der Waals surface area contributed by atoms with Gasteiger partial charge in [0.25, 0.3) is 5.91 Å². The number of carbonyl (C=O) groups is 1. The van der Waals surface area contributed by atoms with Gasteiger partial charge in [-0.15, -0.1) is 0 Å². The fourth-order valence-corrected chi connectivity index (χ4v) is 2.60. The summed E-state index contributed by atoms with van der Waals surface area (Å²) < 4.78 is 0. The van der Waals surface area contributed by atoms with E-state index in [1.165, 1.54) is 11.1 Å². The Balaban J connectivity index is 1.79. The Kier molecular flexibility index (Phi) is 4.80. The molecule has 0 unspecified atom stereocenters. The molecule has 0 fully saturated rings. The number of hydrogen-bond acceptors (Lipinski definition) is 3. The number of nitrogens with one attached hydrogen (secondary N) is 2. The van der Waals surface area contributed by atoms with Crippen molar-refractivity contribution in [3.63, 3.8) is 0 Å². The molecule has 0 bridgehead atoms. The lowest BCUT2D eigenvalue weighted by atomic mass is 10.1. The molecule has 1 amide bonds. The Morgan fingerprint density at radius 3 is 2.52 bits per heavy atom. The zero-order chi connectivity index (χ0) is 17.8. The molecule has 4 heteroatoms. The molecule has 0 aliphatic rings. The second-order valence-electron chi connectivity index (χ2n) is 6.16. The summed E-state index contributed by atoms with van der Waals surface area (Å²) in [5, 5.41) is 6.24. The molecule has 0 aliphatic carbocycles. The Morgan fingerprint density at radius 1 is 0.920 bits per heavy atom. The van der Waals surface area contributed by atoms with E-state index in [-0.39, 0.29) is 5.91 Å². The fourth-order valence-electron chi connectivity index (χ4n) is 2.60. The average Bonchev–Trinajstić information content (AvgIpc) is 2.59. The van der Waals surface area contributed by atoms with Gasteiger partial charge in [0, 0.05) is 17.6 Å². The lowest BCUT2D eigenvalue weighted by Gasteiger charge is -2.12. The van der Waals surface area contributed by atoms with Crippen molar-refractivity contribution in [3.05, 3.63) is 83.2 Å². The second kappa shape index (κ2) is 7.18. The van der Waals surface area contributed by atoms with Crippen LogP contribution in [0.1, 0.15) is 27.0 Å². The van der Waals surface area contributed by atoms with Crippen molar-refractivity contribution in [1.82, 2.24) is 4.98 Å². The number of anilines is 3. The van der Waals surface area contributed by atoms with E-state index < -0.39 is 0 Å². The van der Waals surface area contributed by atoms with Crippen LogP contribution in [-0.4, -0.2) is 10.9 Å². The predicted molar refractivity (Wildman–Crippen MR) is 103 cm³/mol. The first-order valence-electron chi connectivity index (χ1n) is 8.19. The van der Waals surface area contributed by atoms with E-state index in [0.717, 1.165) is 22.6 Å². The van der Waals surface area contributed by atoms with Crippen molar-refractivity contribution in [3.8, 4) is 0 Å². The zero-order valence-electron chi connectivity index (χ0n) is 14.6. The van der Waals surface area contributed by atoms with Crippen molar-refractivity contribution in [2.45, 2.75) is 20.8 Å². The minimum Gasteiger partial charge on any atom is -0.354 e. The van der Waals surface area contributed by atoms with Crippen molar-refractivity contribution >= 4 is 23.0 Å². The molecule has 126 valence electrons. The molecule has 0 saturated carbocycles. The van der Waals surface area contributed by atoms with Gasteiger partial charge in [-0.3, -0.25) is 9.78 Å². The van der Waals surface area contributed by atoms with Crippen LogP contribution in [0.2, 0.25) is 0 Å². The molecule has 3 aromatic rings. The lowest BCUT2D eigenvalue weighted by molar-refractivity contribution is 0.102. The van der Waals surface area contributed by atoms with Crippen LogP contribution in [0.25, 0.3) is 0 Å². The van der Waals surface area contributed by atoms with Gasteiger partial charge in [0.15, 0.2) is 0 Å². The smallest absolute Gasteiger partial charge is 0.257 e. The van der Waals surface area contributed by atoms with Crippen LogP contribution in [0.15, 0.2) is 60.9 Å². The second-order valence-corrected chi connectivity index (χ2v) is 6.16. The summed E-state index contributed by atoms with van der Waals surface area (Å²) in [6.45, 7) is 6.13. The number of rotatable bonds is 4. The van der Waals surface area contributed by atoms with E-state index in [1.54, 1.807) is 18.5 Å². The van der Waals surface area contributed by atoms with E-state index in [9.17, 15) is 4.79 Å². The summed E-state index contributed by atoms with van der Waals surface area (Å²) in [5.74, 6) is -0.178. The van der Waals surface area contributed by atoms with Gasteiger partial charge in [-0.05, 0) is 61.7 Å². The van der Waals surface area contributed by atoms with Gasteiger partial charge in [-0.25, -0.2) is 0 Å². The molecule has 1 aromatic heterocycles. The number of aryl methyl sites for hydroxylation is 2. The van der Waals surface area contributed by atoms with E-state index >= 15 is 0 Å². The van der Waals surface area contributed by atoms with Gasteiger partial charge in [-0.1, -0.05) is 24.3 Å². The van der Waals surface area contributed by atoms with Gasteiger partial charge in [-0.2, -0.15) is 0 Å². The number of hydrogen-bond donors (Lipinski definition) is 2. The maximum absolute atomic E-state index is 12.5. The number of aromatic nitrogens is 1. The molecule has 0 radical (unpaired) electrons. The molecule has 25 heavy (non-hydrogen) atoms. The fraction of sp³-hybridized carbons (Fsp3) is 0.143. The average molecular weight is 331 g/mol. The topological polar surface area (TPSA) is 54.0 Å². The summed E-state index contributed by atoms with van der Waals surface area (Å²) >= 11 is 0. The molecule has 1 heterocycles. The summed E-state index contributed by atoms with van der Waals surface area (Å²) in [6, 6.07) is 15.6. The molecule has 3 rings (SSSR count). The number of amides is 1. The van der Waals surface area contributed by atoms with Gasteiger partial charge in [0.1, 0.15) is 0 Å². The molecule has 4 nitrogen and oxygen atoms in total. The molecule has 0 atom stereocenters. The Morgan fingerprint density at radius 2 is 1.72 bits per heavy atom. The maximum atomic E-state index is 12.5. The predicted octanol–water partition coefficient (Wildman–Crippen LogP) is 5.00. The SMILES string of the molecule is Cc1cccc(NC(=O)c2cncc(Nc3cccc(C)c3C)c2)c1. The van der Waals surface area contributed by atoms with E-state index in [2.05, 4.69) is 35.5 Å². The molecule has 0 saturated heterocycles. The molecule has 2 aromatic carbocycles. The monoisotopic (exact) mass is 331 g/mol. The van der Waals surface area contributed by atoms with Crippen molar-refractivity contribution in [1.29, 1.82) is 0 Å². The third-order valence-corrected chi connectivity index (χ3v) is 4.16. The van der Waals surface area contributed by atoms with Crippen LogP contribution in [0, 0.1) is 20.8 Å². The first kappa shape index (κ1) is 16.7. The number of carbonyl (C=O) groups excluding carboxylic acids is 1. The van der Waals surface area contributed by atoms with Gasteiger partial charge in [0.2, 0.25) is 0 Å². The largest absolute Gasteiger partial charge is 0.354 e. The van der Waals surface area contributed by atoms with Crippen LogP contribution in [0.5, 0.6) is 0 Å². The Bertz CT molecular complexity index is 919. The third kappa shape index (κ3) is 4.04. The van der Waals surface area contributed by atoms with Crippen molar-refractivity contribution in [2.75, 3.05) is 10.6 Å². The first-order chi connectivity index (χ1) is 12.0. The van der Waals surface area contributed by atoms with Gasteiger partial charge >= 0.3 is 0 Å². The third-order valence-electron chi connectivity index (χ3n) is 4.16. The highest BCUT2D eigenvalue weighted by Gasteiger charge is 2.09. The van der Waals surface area contributed by atoms with Crippen LogP contribution < -0.4 is 10.6 Å². The standard InChI is InChI=1S/C21H21N3O/c1-14-6-4-8-18(10-14)24-21(25)17-11-19(13-22-12-17)23-20-9-5-7-15(2)16(20)3/h4-13,23H,1-3H3,(H,24,25). The minimum atomic E-state index is -0.178. The lowest BCUT2D eigenvalue weighted by Crippen LogP contribution is -2.12. The van der Waals surface area contributed by atoms with Gasteiger partial charge < -0.3 is 10.6 Å². The van der Waals surface area contributed by atoms with Crippen LogP contribution in [0.4, 0.5) is 17.1 Å². The number of pyridine rings is 1. The molecule has 0 spiro atoms. The summed E-state index contributed by atoms with van der Waals surface area (Å²) in [7, 11) is 0. The number of nitrogens with zero attached hydrogens (tertiary/aromatic N) is 1. The highest BCUT2D eigenvalue weighted by Crippen LogP contribution is 2.23. The minimum absolute atomic E-state index is 0.178.